The summed E-state index contributed by atoms with van der Waals surface area (Å²) < 4.78 is 0. The molecule has 0 saturated heterocycles. The first kappa shape index (κ1) is 49.3. The molecule has 4 aromatic carbocycles. The second-order valence-electron chi connectivity index (χ2n) is 12.2. The molecule has 0 N–H and O–H groups in total. The van der Waals surface area contributed by atoms with Crippen molar-refractivity contribution in [1.82, 2.24) is 9.80 Å². The van der Waals surface area contributed by atoms with Crippen LogP contribution in [0.2, 0.25) is 0 Å². The van der Waals surface area contributed by atoms with E-state index in [-0.39, 0.29) is 32.7 Å². The molecule has 1 radical (unpaired) electrons. The molecule has 0 heterocycles. The Labute approximate surface area is 318 Å². The second kappa shape index (κ2) is 28.9. The summed E-state index contributed by atoms with van der Waals surface area (Å²) >= 11 is 0. The smallest absolute Gasteiger partial charge is 0.0227 e. The maximum absolute atomic E-state index is 3.15. The van der Waals surface area contributed by atoms with E-state index in [0.29, 0.717) is 5.41 Å². The molecule has 0 bridgehead atoms. The van der Waals surface area contributed by atoms with Gasteiger partial charge in [-0.05, 0) is 79.5 Å². The van der Waals surface area contributed by atoms with Gasteiger partial charge in [-0.3, -0.25) is 0 Å². The van der Waals surface area contributed by atoms with Crippen molar-refractivity contribution in [1.29, 1.82) is 0 Å². The molecule has 47 heavy (non-hydrogen) atoms. The van der Waals surface area contributed by atoms with Crippen LogP contribution >= 0.6 is 0 Å². The maximum Gasteiger partial charge on any atom is 0.0227 e. The standard InChI is InChI=1S/C19H24N2.C12H8.C5H12.4C2H6.Y/c1-20(2)12-14-6-8-18-17(9-14)11-16-7-5-15(10-19(16)18)13-21(3)4;1-3-7-11(8-4-1)12-9-5-2-6-10-12;1-5(2,3)4;4*1-2;/h5-10H,11-13H2,1-4H3;1-7,9H;1-4H3;4*1-2H3;/q;-2;;;;;;. The molecule has 259 valence electrons. The number of rotatable bonds is 5. The van der Waals surface area contributed by atoms with E-state index in [1.54, 1.807) is 0 Å². The van der Waals surface area contributed by atoms with Crippen molar-refractivity contribution < 1.29 is 32.7 Å². The van der Waals surface area contributed by atoms with Gasteiger partial charge in [-0.2, -0.15) is 48.5 Å². The monoisotopic (exact) mass is 713 g/mol. The van der Waals surface area contributed by atoms with Gasteiger partial charge in [0.15, 0.2) is 0 Å². The number of benzene rings is 4. The number of fused-ring (bicyclic) bond motifs is 3. The van der Waals surface area contributed by atoms with Gasteiger partial charge in [0, 0.05) is 45.8 Å². The third-order valence-electron chi connectivity index (χ3n) is 5.72. The van der Waals surface area contributed by atoms with Crippen LogP contribution in [0.25, 0.3) is 22.3 Å². The van der Waals surface area contributed by atoms with E-state index < -0.39 is 0 Å². The van der Waals surface area contributed by atoms with E-state index in [0.717, 1.165) is 30.6 Å². The van der Waals surface area contributed by atoms with Gasteiger partial charge in [0.2, 0.25) is 0 Å². The van der Waals surface area contributed by atoms with Crippen molar-refractivity contribution in [2.24, 2.45) is 5.41 Å². The van der Waals surface area contributed by atoms with Crippen LogP contribution in [-0.4, -0.2) is 38.0 Å². The minimum Gasteiger partial charge on any atom is -0.305 e. The molecule has 0 fully saturated rings. The Hall–Kier alpha value is -2.10. The molecule has 1 aliphatic carbocycles. The Bertz CT molecular complexity index is 1230. The van der Waals surface area contributed by atoms with Crippen molar-refractivity contribution in [2.45, 2.75) is 103 Å². The average molecular weight is 714 g/mol. The topological polar surface area (TPSA) is 6.48 Å². The molecule has 1 aliphatic rings. The van der Waals surface area contributed by atoms with E-state index in [4.69, 9.17) is 0 Å². The fourth-order valence-corrected chi connectivity index (χ4v) is 4.34. The Kier molecular flexibility index (Phi) is 30.3. The minimum atomic E-state index is 0. The fourth-order valence-electron chi connectivity index (χ4n) is 4.34. The molecule has 2 nitrogen and oxygen atoms in total. The zero-order valence-electron chi connectivity index (χ0n) is 33.2. The molecule has 0 saturated carbocycles. The first-order valence-corrected chi connectivity index (χ1v) is 17.5. The van der Waals surface area contributed by atoms with Gasteiger partial charge in [-0.1, -0.05) is 113 Å². The summed E-state index contributed by atoms with van der Waals surface area (Å²) in [6.07, 6.45) is 1.08. The van der Waals surface area contributed by atoms with E-state index in [1.807, 2.05) is 104 Å². The van der Waals surface area contributed by atoms with Crippen LogP contribution in [0, 0.1) is 17.5 Å². The number of hydrogen-bond donors (Lipinski definition) is 0. The van der Waals surface area contributed by atoms with Crippen LogP contribution in [0.4, 0.5) is 0 Å². The molecule has 4 aromatic rings. The van der Waals surface area contributed by atoms with Crippen LogP contribution in [0.3, 0.4) is 0 Å². The Morgan fingerprint density at radius 1 is 0.532 bits per heavy atom. The van der Waals surface area contributed by atoms with Gasteiger partial charge in [-0.25, -0.2) is 11.1 Å². The van der Waals surface area contributed by atoms with Gasteiger partial charge in [0.1, 0.15) is 0 Å². The van der Waals surface area contributed by atoms with Crippen LogP contribution < -0.4 is 0 Å². The Morgan fingerprint density at radius 2 is 0.936 bits per heavy atom. The molecule has 0 unspecified atom stereocenters. The maximum atomic E-state index is 3.15. The summed E-state index contributed by atoms with van der Waals surface area (Å²) in [5.74, 6) is 0. The summed E-state index contributed by atoms with van der Waals surface area (Å²) in [6, 6.07) is 36.0. The minimum absolute atomic E-state index is 0. The molecular weight excluding hydrogens is 645 g/mol. The summed E-state index contributed by atoms with van der Waals surface area (Å²) in [5.41, 5.74) is 11.3. The van der Waals surface area contributed by atoms with E-state index in [2.05, 4.69) is 114 Å². The predicted molar refractivity (Wildman–Crippen MR) is 210 cm³/mol. The SMILES string of the molecule is CC.CC.CC.CC.CC(C)(C)C.CN(C)Cc1ccc2c(c1)Cc1ccc(CN(C)C)cc1-2.[Y].[c-]1ccccc1-c1[c-]cccc1. The van der Waals surface area contributed by atoms with Crippen LogP contribution in [0.1, 0.15) is 105 Å². The molecule has 0 aliphatic heterocycles. The van der Waals surface area contributed by atoms with Crippen molar-refractivity contribution in [3.8, 4) is 22.3 Å². The average Bonchev–Trinajstić information content (AvgIpc) is 3.42. The van der Waals surface area contributed by atoms with Gasteiger partial charge in [-0.15, -0.1) is 12.1 Å². The number of hydrogen-bond acceptors (Lipinski definition) is 2. The van der Waals surface area contributed by atoms with Crippen molar-refractivity contribution in [3.63, 3.8) is 0 Å². The Balaban J connectivity index is -0.000000634. The predicted octanol–water partition coefficient (Wildman–Crippen LogP) is 12.5. The van der Waals surface area contributed by atoms with Gasteiger partial charge >= 0.3 is 0 Å². The quantitative estimate of drug-likeness (QED) is 0.167. The van der Waals surface area contributed by atoms with Crippen LogP contribution in [0.5, 0.6) is 0 Å². The summed E-state index contributed by atoms with van der Waals surface area (Å²) in [6.45, 7) is 26.8. The molecule has 0 amide bonds. The van der Waals surface area contributed by atoms with E-state index in [1.165, 1.54) is 33.4 Å². The van der Waals surface area contributed by atoms with Crippen molar-refractivity contribution in [3.05, 3.63) is 119 Å². The molecule has 5 rings (SSSR count). The van der Waals surface area contributed by atoms with Crippen LogP contribution in [0.15, 0.2) is 84.9 Å². The molecule has 0 atom stereocenters. The first-order valence-electron chi connectivity index (χ1n) is 17.5. The largest absolute Gasteiger partial charge is 0.305 e. The van der Waals surface area contributed by atoms with Gasteiger partial charge in [0.05, 0.1) is 0 Å². The third kappa shape index (κ3) is 21.5. The molecule has 3 heteroatoms. The normalized spacial score (nSPS) is 10.0. The van der Waals surface area contributed by atoms with E-state index >= 15 is 0 Å². The van der Waals surface area contributed by atoms with Crippen LogP contribution in [-0.2, 0) is 52.2 Å². The van der Waals surface area contributed by atoms with Gasteiger partial charge in [0.25, 0.3) is 0 Å². The van der Waals surface area contributed by atoms with E-state index in [9.17, 15) is 0 Å². The zero-order chi connectivity index (χ0) is 35.7. The third-order valence-corrected chi connectivity index (χ3v) is 5.72. The second-order valence-corrected chi connectivity index (χ2v) is 12.2. The Morgan fingerprint density at radius 3 is 1.32 bits per heavy atom. The number of nitrogens with zero attached hydrogens (tertiary/aromatic N) is 2. The summed E-state index contributed by atoms with van der Waals surface area (Å²) in [5, 5.41) is 0. The van der Waals surface area contributed by atoms with Gasteiger partial charge < -0.3 is 9.80 Å². The molecule has 0 spiro atoms. The summed E-state index contributed by atoms with van der Waals surface area (Å²) in [4.78, 5) is 4.44. The first-order chi connectivity index (χ1) is 22.0. The molecule has 0 aromatic heterocycles. The fraction of sp³-hybridized carbons (Fsp3) is 0.455. The van der Waals surface area contributed by atoms with Crippen molar-refractivity contribution >= 4 is 0 Å². The van der Waals surface area contributed by atoms with Crippen molar-refractivity contribution in [2.75, 3.05) is 28.2 Å². The molecular formula is C44H68N2Y-2. The zero-order valence-corrected chi connectivity index (χ0v) is 36.0. The summed E-state index contributed by atoms with van der Waals surface area (Å²) in [7, 11) is 8.48.